The molecule has 2 aromatic heterocycles. The quantitative estimate of drug-likeness (QED) is 0.302. The zero-order valence-electron chi connectivity index (χ0n) is 22.6. The molecule has 212 valence electrons. The minimum Gasteiger partial charge on any atom is -0.481 e. The van der Waals surface area contributed by atoms with E-state index in [2.05, 4.69) is 10.6 Å². The molecule has 1 aromatic carbocycles. The highest BCUT2D eigenvalue weighted by atomic mass is 16.5. The van der Waals surface area contributed by atoms with Crippen LogP contribution in [-0.2, 0) is 19.1 Å². The van der Waals surface area contributed by atoms with E-state index in [4.69, 9.17) is 14.5 Å². The lowest BCUT2D eigenvalue weighted by Crippen LogP contribution is -2.42. The van der Waals surface area contributed by atoms with Crippen molar-refractivity contribution in [2.24, 2.45) is 5.92 Å². The Morgan fingerprint density at radius 1 is 1.07 bits per heavy atom. The van der Waals surface area contributed by atoms with Crippen LogP contribution in [0.25, 0.3) is 16.9 Å². The summed E-state index contributed by atoms with van der Waals surface area (Å²) in [4.78, 5) is 53.4. The second-order valence-electron chi connectivity index (χ2n) is 9.76. The molecule has 11 nitrogen and oxygen atoms in total. The number of methoxy groups -OCH3 is 1. The summed E-state index contributed by atoms with van der Waals surface area (Å²) in [7, 11) is 1.31. The Hall–Kier alpha value is -4.41. The Morgan fingerprint density at radius 2 is 1.80 bits per heavy atom. The van der Waals surface area contributed by atoms with Gasteiger partial charge >= 0.3 is 17.9 Å². The van der Waals surface area contributed by atoms with Crippen molar-refractivity contribution < 1.29 is 33.8 Å². The molecule has 11 heteroatoms. The predicted octanol–water partition coefficient (Wildman–Crippen LogP) is 3.92. The van der Waals surface area contributed by atoms with Gasteiger partial charge in [-0.15, -0.1) is 0 Å². The Kier molecular flexibility index (Phi) is 9.36. The number of nitrogens with one attached hydrogen (secondary N) is 2. The number of amides is 1. The van der Waals surface area contributed by atoms with Crippen molar-refractivity contribution in [3.8, 4) is 11.3 Å². The average Bonchev–Trinajstić information content (AvgIpc) is 3.33. The number of hydrogen-bond acceptors (Lipinski definition) is 8. The highest BCUT2D eigenvalue weighted by molar-refractivity contribution is 5.96. The van der Waals surface area contributed by atoms with E-state index in [1.807, 2.05) is 0 Å². The molecule has 0 radical (unpaired) electrons. The summed E-state index contributed by atoms with van der Waals surface area (Å²) in [5, 5.41) is 15.5. The highest BCUT2D eigenvalue weighted by Crippen LogP contribution is 2.31. The maximum absolute atomic E-state index is 13.2. The third-order valence-electron chi connectivity index (χ3n) is 7.10. The van der Waals surface area contributed by atoms with Gasteiger partial charge < -0.3 is 25.2 Å². The number of esters is 2. The number of nitrogens with zero attached hydrogens (tertiary/aromatic N) is 2. The van der Waals surface area contributed by atoms with E-state index in [1.54, 1.807) is 53.9 Å². The zero-order chi connectivity index (χ0) is 28.6. The third kappa shape index (κ3) is 6.77. The topological polar surface area (TPSA) is 148 Å². The summed E-state index contributed by atoms with van der Waals surface area (Å²) in [5.74, 6) is -1.58. The summed E-state index contributed by atoms with van der Waals surface area (Å²) >= 11 is 0. The Morgan fingerprint density at radius 3 is 2.45 bits per heavy atom. The largest absolute Gasteiger partial charge is 0.481 e. The van der Waals surface area contributed by atoms with E-state index < -0.39 is 23.9 Å². The molecule has 0 aliphatic heterocycles. The van der Waals surface area contributed by atoms with Gasteiger partial charge in [0.1, 0.15) is 23.7 Å². The Labute approximate surface area is 231 Å². The fraction of sp³-hybridized carbons (Fsp3) is 0.414. The molecule has 0 spiro atoms. The molecule has 1 fully saturated rings. The van der Waals surface area contributed by atoms with Gasteiger partial charge in [0.25, 0.3) is 5.91 Å². The maximum atomic E-state index is 13.2. The van der Waals surface area contributed by atoms with Gasteiger partial charge in [-0.3, -0.25) is 18.8 Å². The molecular weight excluding hydrogens is 516 g/mol. The van der Waals surface area contributed by atoms with E-state index in [9.17, 15) is 24.3 Å². The molecule has 1 unspecified atom stereocenters. The fourth-order valence-electron chi connectivity index (χ4n) is 5.12. The first-order chi connectivity index (χ1) is 19.3. The van der Waals surface area contributed by atoms with Gasteiger partial charge in [-0.1, -0.05) is 31.4 Å². The number of ether oxygens (including phenoxy) is 2. The van der Waals surface area contributed by atoms with Crippen LogP contribution in [0.2, 0.25) is 0 Å². The summed E-state index contributed by atoms with van der Waals surface area (Å²) in [5.41, 5.74) is 2.34. The Bertz CT molecular complexity index is 1380. The second-order valence-corrected chi connectivity index (χ2v) is 9.76. The first-order valence-electron chi connectivity index (χ1n) is 13.4. The number of carboxylic acids is 1. The number of benzene rings is 1. The monoisotopic (exact) mass is 550 g/mol. The molecule has 3 N–H and O–H groups in total. The lowest BCUT2D eigenvalue weighted by molar-refractivity contribution is -0.141. The molecule has 3 aromatic rings. The van der Waals surface area contributed by atoms with Crippen LogP contribution in [0.5, 0.6) is 0 Å². The van der Waals surface area contributed by atoms with Crippen LogP contribution in [-0.4, -0.2) is 64.6 Å². The van der Waals surface area contributed by atoms with Crippen molar-refractivity contribution in [3.05, 3.63) is 53.7 Å². The SMILES string of the molecule is CCOC(=O)CNc1c(-c2ccc(C(=O)OC)cc2)nc2cc(C(=O)NC(CC(=O)O)C3CCCCC3)ccn12. The number of anilines is 1. The van der Waals surface area contributed by atoms with Crippen molar-refractivity contribution in [1.29, 1.82) is 0 Å². The second kappa shape index (κ2) is 13.1. The maximum Gasteiger partial charge on any atom is 0.337 e. The molecule has 1 atom stereocenters. The number of imidazole rings is 1. The van der Waals surface area contributed by atoms with E-state index in [-0.39, 0.29) is 31.4 Å². The predicted molar refractivity (Wildman–Crippen MR) is 147 cm³/mol. The molecule has 1 saturated carbocycles. The standard InChI is InChI=1S/C29H34N4O7/c1-3-40-25(36)17-30-27-26(19-9-11-20(12-10-19)29(38)39-2)32-23-15-21(13-14-33(23)27)28(37)31-22(16-24(34)35)18-7-5-4-6-8-18/h9-15,18,22,30H,3-8,16-17H2,1-2H3,(H,31,37)(H,34,35). The first kappa shape index (κ1) is 28.6. The molecule has 1 aliphatic carbocycles. The number of aliphatic carboxylic acids is 1. The van der Waals surface area contributed by atoms with Gasteiger partial charge in [-0.25, -0.2) is 9.78 Å². The summed E-state index contributed by atoms with van der Waals surface area (Å²) in [6, 6.07) is 9.47. The summed E-state index contributed by atoms with van der Waals surface area (Å²) in [6.45, 7) is 1.87. The minimum atomic E-state index is -0.945. The average molecular weight is 551 g/mol. The number of carbonyl (C=O) groups is 4. The molecule has 2 heterocycles. The van der Waals surface area contributed by atoms with Gasteiger partial charge in [0.15, 0.2) is 0 Å². The van der Waals surface area contributed by atoms with E-state index in [0.717, 1.165) is 32.1 Å². The van der Waals surface area contributed by atoms with Gasteiger partial charge in [0.05, 0.1) is 25.7 Å². The van der Waals surface area contributed by atoms with Gasteiger partial charge in [0.2, 0.25) is 0 Å². The normalized spacial score (nSPS) is 14.3. The number of rotatable bonds is 11. The highest BCUT2D eigenvalue weighted by Gasteiger charge is 2.28. The van der Waals surface area contributed by atoms with Crippen LogP contribution in [0.1, 0.15) is 66.2 Å². The van der Waals surface area contributed by atoms with Gasteiger partial charge in [0, 0.05) is 23.4 Å². The summed E-state index contributed by atoms with van der Waals surface area (Å²) in [6.07, 6.45) is 6.51. The van der Waals surface area contributed by atoms with Gasteiger partial charge in [-0.2, -0.15) is 0 Å². The lowest BCUT2D eigenvalue weighted by atomic mass is 9.82. The number of aromatic nitrogens is 2. The first-order valence-corrected chi connectivity index (χ1v) is 13.4. The fourth-order valence-corrected chi connectivity index (χ4v) is 5.12. The van der Waals surface area contributed by atoms with Crippen molar-refractivity contribution in [1.82, 2.24) is 14.7 Å². The molecule has 40 heavy (non-hydrogen) atoms. The smallest absolute Gasteiger partial charge is 0.337 e. The number of hydrogen-bond donors (Lipinski definition) is 3. The molecule has 4 rings (SSSR count). The van der Waals surface area contributed by atoms with Crippen LogP contribution >= 0.6 is 0 Å². The van der Waals surface area contributed by atoms with Crippen molar-refractivity contribution in [2.45, 2.75) is 51.5 Å². The number of fused-ring (bicyclic) bond motifs is 1. The van der Waals surface area contributed by atoms with Crippen LogP contribution in [0.3, 0.4) is 0 Å². The van der Waals surface area contributed by atoms with Gasteiger partial charge in [-0.05, 0) is 49.9 Å². The molecule has 1 amide bonds. The number of pyridine rings is 1. The van der Waals surface area contributed by atoms with Crippen molar-refractivity contribution >= 4 is 35.3 Å². The number of carbonyl (C=O) groups excluding carboxylic acids is 3. The van der Waals surface area contributed by atoms with E-state index in [0.29, 0.717) is 33.8 Å². The van der Waals surface area contributed by atoms with Crippen LogP contribution in [0.4, 0.5) is 5.82 Å². The van der Waals surface area contributed by atoms with Crippen LogP contribution in [0, 0.1) is 5.92 Å². The van der Waals surface area contributed by atoms with Crippen molar-refractivity contribution in [2.75, 3.05) is 25.6 Å². The molecular formula is C29H34N4O7. The van der Waals surface area contributed by atoms with Crippen LogP contribution < -0.4 is 10.6 Å². The van der Waals surface area contributed by atoms with Crippen LogP contribution in [0.15, 0.2) is 42.6 Å². The minimum absolute atomic E-state index is 0.102. The Balaban J connectivity index is 1.65. The third-order valence-corrected chi connectivity index (χ3v) is 7.10. The zero-order valence-corrected chi connectivity index (χ0v) is 22.6. The summed E-state index contributed by atoms with van der Waals surface area (Å²) < 4.78 is 11.5. The molecule has 1 aliphatic rings. The molecule has 0 saturated heterocycles. The molecule has 0 bridgehead atoms. The van der Waals surface area contributed by atoms with E-state index >= 15 is 0 Å². The van der Waals surface area contributed by atoms with E-state index in [1.165, 1.54) is 7.11 Å². The lowest BCUT2D eigenvalue weighted by Gasteiger charge is -2.30. The van der Waals surface area contributed by atoms with Crippen molar-refractivity contribution in [3.63, 3.8) is 0 Å². The number of carboxylic acid groups (broad SMARTS) is 1.